The van der Waals surface area contributed by atoms with Crippen molar-refractivity contribution in [1.82, 2.24) is 10.2 Å². The van der Waals surface area contributed by atoms with E-state index in [4.69, 9.17) is 0 Å². The Kier molecular flexibility index (Phi) is 3.90. The Bertz CT molecular complexity index is 413. The van der Waals surface area contributed by atoms with E-state index in [2.05, 4.69) is 41.4 Å². The van der Waals surface area contributed by atoms with Crippen LogP contribution in [-0.4, -0.2) is 30.1 Å². The van der Waals surface area contributed by atoms with E-state index >= 15 is 0 Å². The monoisotopic (exact) mass is 258 g/mol. The van der Waals surface area contributed by atoms with Gasteiger partial charge in [-0.3, -0.25) is 4.90 Å². The summed E-state index contributed by atoms with van der Waals surface area (Å²) in [5.74, 6) is 0. The summed E-state index contributed by atoms with van der Waals surface area (Å²) in [6, 6.07) is 8.87. The van der Waals surface area contributed by atoms with Crippen LogP contribution in [0.5, 0.6) is 0 Å². The van der Waals surface area contributed by atoms with Gasteiger partial charge in [0.05, 0.1) is 0 Å². The molecule has 1 aromatic carbocycles. The first kappa shape index (κ1) is 13.1. The van der Waals surface area contributed by atoms with Crippen LogP contribution in [0.3, 0.4) is 0 Å². The van der Waals surface area contributed by atoms with Crippen LogP contribution in [0.2, 0.25) is 0 Å². The molecule has 2 heteroatoms. The fourth-order valence-electron chi connectivity index (χ4n) is 3.83. The van der Waals surface area contributed by atoms with Crippen molar-refractivity contribution >= 4 is 0 Å². The minimum Gasteiger partial charge on any atom is -0.314 e. The van der Waals surface area contributed by atoms with Gasteiger partial charge in [-0.2, -0.15) is 0 Å². The maximum Gasteiger partial charge on any atom is 0.0338 e. The lowest BCUT2D eigenvalue weighted by atomic mass is 9.78. The largest absolute Gasteiger partial charge is 0.314 e. The molecule has 1 spiro atoms. The molecule has 1 aliphatic heterocycles. The first-order valence-electron chi connectivity index (χ1n) is 7.80. The molecule has 0 bridgehead atoms. The fourth-order valence-corrected chi connectivity index (χ4v) is 3.83. The van der Waals surface area contributed by atoms with E-state index in [0.717, 1.165) is 13.1 Å². The molecular weight excluding hydrogens is 232 g/mol. The van der Waals surface area contributed by atoms with E-state index in [0.29, 0.717) is 5.54 Å². The third kappa shape index (κ3) is 2.70. The quantitative estimate of drug-likeness (QED) is 0.877. The summed E-state index contributed by atoms with van der Waals surface area (Å²) in [7, 11) is 0. The minimum atomic E-state index is 0.443. The van der Waals surface area contributed by atoms with Gasteiger partial charge in [0, 0.05) is 31.7 Å². The Morgan fingerprint density at radius 2 is 1.95 bits per heavy atom. The highest BCUT2D eigenvalue weighted by atomic mass is 15.3. The second-order valence-electron chi connectivity index (χ2n) is 6.31. The van der Waals surface area contributed by atoms with Gasteiger partial charge in [0.1, 0.15) is 0 Å². The first-order chi connectivity index (χ1) is 9.30. The summed E-state index contributed by atoms with van der Waals surface area (Å²) >= 11 is 0. The summed E-state index contributed by atoms with van der Waals surface area (Å²) in [6.45, 7) is 6.92. The van der Waals surface area contributed by atoms with E-state index in [1.165, 1.54) is 56.3 Å². The summed E-state index contributed by atoms with van der Waals surface area (Å²) < 4.78 is 0. The van der Waals surface area contributed by atoms with Crippen LogP contribution in [0.25, 0.3) is 0 Å². The van der Waals surface area contributed by atoms with Crippen molar-refractivity contribution in [3.8, 4) is 0 Å². The number of benzene rings is 1. The van der Waals surface area contributed by atoms with Crippen LogP contribution < -0.4 is 5.32 Å². The molecule has 104 valence electrons. The Labute approximate surface area is 117 Å². The van der Waals surface area contributed by atoms with Gasteiger partial charge in [0.15, 0.2) is 0 Å². The molecule has 0 atom stereocenters. The van der Waals surface area contributed by atoms with Crippen molar-refractivity contribution < 1.29 is 0 Å². The van der Waals surface area contributed by atoms with E-state index in [1.807, 2.05) is 0 Å². The van der Waals surface area contributed by atoms with Gasteiger partial charge in [-0.1, -0.05) is 43.5 Å². The molecule has 1 saturated carbocycles. The van der Waals surface area contributed by atoms with Crippen molar-refractivity contribution in [3.63, 3.8) is 0 Å². The Morgan fingerprint density at radius 3 is 2.74 bits per heavy atom. The molecule has 0 unspecified atom stereocenters. The third-order valence-corrected chi connectivity index (χ3v) is 5.09. The molecule has 2 fully saturated rings. The van der Waals surface area contributed by atoms with Gasteiger partial charge >= 0.3 is 0 Å². The van der Waals surface area contributed by atoms with Gasteiger partial charge in [-0.25, -0.2) is 0 Å². The highest BCUT2D eigenvalue weighted by Crippen LogP contribution is 2.35. The van der Waals surface area contributed by atoms with Crippen LogP contribution in [0.1, 0.15) is 43.2 Å². The third-order valence-electron chi connectivity index (χ3n) is 5.09. The SMILES string of the molecule is Cc1ccccc1CN1CCNCC12CCCCC2. The smallest absolute Gasteiger partial charge is 0.0338 e. The number of nitrogens with zero attached hydrogens (tertiary/aromatic N) is 1. The average Bonchev–Trinajstić information content (AvgIpc) is 2.45. The normalized spacial score (nSPS) is 23.6. The molecule has 1 aromatic rings. The standard InChI is InChI=1S/C17H26N2/c1-15-7-3-4-8-16(15)13-19-12-11-18-14-17(19)9-5-2-6-10-17/h3-4,7-8,18H,2,5-6,9-14H2,1H3. The van der Waals surface area contributed by atoms with Crippen LogP contribution in [0, 0.1) is 6.92 Å². The predicted octanol–water partition coefficient (Wildman–Crippen LogP) is 3.10. The van der Waals surface area contributed by atoms with Crippen LogP contribution in [0.15, 0.2) is 24.3 Å². The molecule has 0 aromatic heterocycles. The molecule has 2 nitrogen and oxygen atoms in total. The lowest BCUT2D eigenvalue weighted by molar-refractivity contribution is 0.0207. The summed E-state index contributed by atoms with van der Waals surface area (Å²) in [4.78, 5) is 2.77. The Hall–Kier alpha value is -0.860. The number of aryl methyl sites for hydroxylation is 1. The van der Waals surface area contributed by atoms with E-state index < -0.39 is 0 Å². The number of rotatable bonds is 2. The predicted molar refractivity (Wildman–Crippen MR) is 80.3 cm³/mol. The number of hydrogen-bond acceptors (Lipinski definition) is 2. The number of nitrogens with one attached hydrogen (secondary N) is 1. The van der Waals surface area contributed by atoms with Crippen molar-refractivity contribution in [2.75, 3.05) is 19.6 Å². The van der Waals surface area contributed by atoms with E-state index in [1.54, 1.807) is 0 Å². The summed E-state index contributed by atoms with van der Waals surface area (Å²) in [6.07, 6.45) is 7.01. The van der Waals surface area contributed by atoms with Crippen LogP contribution in [0.4, 0.5) is 0 Å². The zero-order valence-electron chi connectivity index (χ0n) is 12.1. The molecule has 1 aliphatic carbocycles. The summed E-state index contributed by atoms with van der Waals surface area (Å²) in [5.41, 5.74) is 3.39. The maximum absolute atomic E-state index is 3.63. The first-order valence-corrected chi connectivity index (χ1v) is 7.80. The molecule has 1 heterocycles. The second-order valence-corrected chi connectivity index (χ2v) is 6.31. The molecule has 1 saturated heterocycles. The second kappa shape index (κ2) is 5.64. The average molecular weight is 258 g/mol. The lowest BCUT2D eigenvalue weighted by Gasteiger charge is -2.50. The number of piperazine rings is 1. The lowest BCUT2D eigenvalue weighted by Crippen LogP contribution is -2.61. The van der Waals surface area contributed by atoms with E-state index in [-0.39, 0.29) is 0 Å². The Balaban J connectivity index is 1.79. The number of hydrogen-bond donors (Lipinski definition) is 1. The highest BCUT2D eigenvalue weighted by molar-refractivity contribution is 5.25. The van der Waals surface area contributed by atoms with Crippen LogP contribution in [-0.2, 0) is 6.54 Å². The fraction of sp³-hybridized carbons (Fsp3) is 0.647. The zero-order valence-corrected chi connectivity index (χ0v) is 12.1. The summed E-state index contributed by atoms with van der Waals surface area (Å²) in [5, 5.41) is 3.63. The molecule has 0 amide bonds. The molecule has 19 heavy (non-hydrogen) atoms. The van der Waals surface area contributed by atoms with Gasteiger partial charge in [0.2, 0.25) is 0 Å². The van der Waals surface area contributed by atoms with Crippen molar-refractivity contribution in [1.29, 1.82) is 0 Å². The highest BCUT2D eigenvalue weighted by Gasteiger charge is 2.39. The van der Waals surface area contributed by atoms with Crippen molar-refractivity contribution in [2.45, 2.75) is 51.1 Å². The van der Waals surface area contributed by atoms with Crippen LogP contribution >= 0.6 is 0 Å². The van der Waals surface area contributed by atoms with Gasteiger partial charge < -0.3 is 5.32 Å². The van der Waals surface area contributed by atoms with Gasteiger partial charge in [-0.05, 0) is 30.9 Å². The van der Waals surface area contributed by atoms with Crippen molar-refractivity contribution in [2.24, 2.45) is 0 Å². The van der Waals surface area contributed by atoms with Crippen molar-refractivity contribution in [3.05, 3.63) is 35.4 Å². The molecule has 3 rings (SSSR count). The Morgan fingerprint density at radius 1 is 1.16 bits per heavy atom. The molecular formula is C17H26N2. The zero-order chi connectivity index (χ0) is 13.1. The van der Waals surface area contributed by atoms with Gasteiger partial charge in [-0.15, -0.1) is 0 Å². The molecule has 1 N–H and O–H groups in total. The molecule has 2 aliphatic rings. The topological polar surface area (TPSA) is 15.3 Å². The van der Waals surface area contributed by atoms with E-state index in [9.17, 15) is 0 Å². The minimum absolute atomic E-state index is 0.443. The van der Waals surface area contributed by atoms with Gasteiger partial charge in [0.25, 0.3) is 0 Å². The molecule has 0 radical (unpaired) electrons. The maximum atomic E-state index is 3.63.